The minimum atomic E-state index is -0.327. The van der Waals surface area contributed by atoms with E-state index in [-0.39, 0.29) is 28.8 Å². The average molecular weight is 372 g/mol. The third kappa shape index (κ3) is 4.56. The number of ether oxygens (including phenoxy) is 1. The topological polar surface area (TPSA) is 62.4 Å². The molecular formula is C21H25FN2O3. The van der Waals surface area contributed by atoms with Crippen molar-refractivity contribution in [2.45, 2.75) is 33.1 Å². The summed E-state index contributed by atoms with van der Waals surface area (Å²) in [4.78, 5) is 29.7. The second-order valence-corrected chi connectivity index (χ2v) is 7.05. The molecule has 6 heteroatoms. The van der Waals surface area contributed by atoms with E-state index in [9.17, 15) is 14.0 Å². The van der Waals surface area contributed by atoms with Gasteiger partial charge < -0.3 is 14.6 Å². The van der Waals surface area contributed by atoms with Gasteiger partial charge in [0.15, 0.2) is 0 Å². The number of hydrogen-bond acceptors (Lipinski definition) is 3. The molecule has 1 fully saturated rings. The molecule has 2 heterocycles. The van der Waals surface area contributed by atoms with Gasteiger partial charge in [-0.05, 0) is 62.1 Å². The molecule has 0 aliphatic carbocycles. The highest BCUT2D eigenvalue weighted by Gasteiger charge is 2.26. The quantitative estimate of drug-likeness (QED) is 0.876. The SMILES string of the molecule is CCc1[nH]c(=O)c(C(=O)N2CCCC(COc3ccc(F)cc3)C2)cc1C. The van der Waals surface area contributed by atoms with Crippen molar-refractivity contribution in [1.82, 2.24) is 9.88 Å². The largest absolute Gasteiger partial charge is 0.493 e. The highest BCUT2D eigenvalue weighted by molar-refractivity contribution is 5.94. The minimum absolute atomic E-state index is 0.183. The van der Waals surface area contributed by atoms with Gasteiger partial charge in [-0.15, -0.1) is 0 Å². The van der Waals surface area contributed by atoms with Crippen molar-refractivity contribution in [3.05, 3.63) is 63.3 Å². The summed E-state index contributed by atoms with van der Waals surface area (Å²) in [5.41, 5.74) is 1.66. The number of nitrogens with one attached hydrogen (secondary N) is 1. The molecule has 144 valence electrons. The van der Waals surface area contributed by atoms with Gasteiger partial charge >= 0.3 is 0 Å². The molecule has 1 aromatic heterocycles. The van der Waals surface area contributed by atoms with Gasteiger partial charge in [0.1, 0.15) is 17.1 Å². The zero-order valence-corrected chi connectivity index (χ0v) is 15.8. The van der Waals surface area contributed by atoms with Crippen molar-refractivity contribution >= 4 is 5.91 Å². The number of aromatic nitrogens is 1. The number of pyridine rings is 1. The maximum absolute atomic E-state index is 13.0. The number of aromatic amines is 1. The molecule has 1 aromatic carbocycles. The van der Waals surface area contributed by atoms with Crippen LogP contribution < -0.4 is 10.3 Å². The molecule has 2 aromatic rings. The number of nitrogens with zero attached hydrogens (tertiary/aromatic N) is 1. The van der Waals surface area contributed by atoms with Gasteiger partial charge in [0, 0.05) is 24.7 Å². The summed E-state index contributed by atoms with van der Waals surface area (Å²) in [7, 11) is 0. The molecule has 1 atom stereocenters. The number of amides is 1. The Morgan fingerprint density at radius 2 is 2.07 bits per heavy atom. The smallest absolute Gasteiger partial charge is 0.261 e. The summed E-state index contributed by atoms with van der Waals surface area (Å²) in [5, 5.41) is 0. The van der Waals surface area contributed by atoms with Gasteiger partial charge in [-0.2, -0.15) is 0 Å². The molecule has 1 unspecified atom stereocenters. The number of benzene rings is 1. The first-order valence-electron chi connectivity index (χ1n) is 9.38. The third-order valence-corrected chi connectivity index (χ3v) is 5.04. The number of carbonyl (C=O) groups is 1. The molecule has 0 radical (unpaired) electrons. The van der Waals surface area contributed by atoms with Crippen molar-refractivity contribution in [2.24, 2.45) is 5.92 Å². The molecule has 1 N–H and O–H groups in total. The van der Waals surface area contributed by atoms with Crippen LogP contribution in [0.2, 0.25) is 0 Å². The molecule has 1 aliphatic rings. The second kappa shape index (κ2) is 8.37. The molecule has 0 spiro atoms. The highest BCUT2D eigenvalue weighted by atomic mass is 19.1. The Kier molecular flexibility index (Phi) is 5.94. The number of carbonyl (C=O) groups excluding carboxylic acids is 1. The lowest BCUT2D eigenvalue weighted by atomic mass is 9.98. The van der Waals surface area contributed by atoms with Crippen LogP contribution in [-0.2, 0) is 6.42 Å². The fourth-order valence-corrected chi connectivity index (χ4v) is 3.50. The van der Waals surface area contributed by atoms with Crippen LogP contribution >= 0.6 is 0 Å². The number of aryl methyl sites for hydroxylation is 2. The Labute approximate surface area is 158 Å². The van der Waals surface area contributed by atoms with Crippen LogP contribution in [0.5, 0.6) is 5.75 Å². The summed E-state index contributed by atoms with van der Waals surface area (Å²) in [5.74, 6) is 0.268. The number of H-pyrrole nitrogens is 1. The predicted octanol–water partition coefficient (Wildman–Crippen LogP) is 3.32. The summed E-state index contributed by atoms with van der Waals surface area (Å²) >= 11 is 0. The van der Waals surface area contributed by atoms with Gasteiger partial charge in [0.05, 0.1) is 6.61 Å². The Bertz CT molecular complexity index is 861. The van der Waals surface area contributed by atoms with Gasteiger partial charge in [-0.25, -0.2) is 4.39 Å². The molecule has 1 amide bonds. The zero-order valence-electron chi connectivity index (χ0n) is 15.8. The Balaban J connectivity index is 1.65. The fraction of sp³-hybridized carbons (Fsp3) is 0.429. The van der Waals surface area contributed by atoms with E-state index >= 15 is 0 Å². The van der Waals surface area contributed by atoms with Gasteiger partial charge in [0.2, 0.25) is 0 Å². The van der Waals surface area contributed by atoms with E-state index in [1.165, 1.54) is 12.1 Å². The van der Waals surface area contributed by atoms with E-state index < -0.39 is 0 Å². The van der Waals surface area contributed by atoms with E-state index in [0.29, 0.717) is 25.4 Å². The number of hydrogen-bond donors (Lipinski definition) is 1. The standard InChI is InChI=1S/C21H25FN2O3/c1-3-19-14(2)11-18(20(25)23-19)21(26)24-10-4-5-15(12-24)13-27-17-8-6-16(22)7-9-17/h6-9,11,15H,3-5,10,12-13H2,1-2H3,(H,23,25). The van der Waals surface area contributed by atoms with E-state index in [0.717, 1.165) is 30.5 Å². The van der Waals surface area contributed by atoms with Crippen LogP contribution in [0.15, 0.2) is 35.1 Å². The Hall–Kier alpha value is -2.63. The van der Waals surface area contributed by atoms with E-state index in [4.69, 9.17) is 4.74 Å². The molecule has 27 heavy (non-hydrogen) atoms. The van der Waals surface area contributed by atoms with Crippen LogP contribution in [0.25, 0.3) is 0 Å². The summed E-state index contributed by atoms with van der Waals surface area (Å²) in [6.07, 6.45) is 2.55. The van der Waals surface area contributed by atoms with Crippen molar-refractivity contribution in [3.8, 4) is 5.75 Å². The van der Waals surface area contributed by atoms with Crippen molar-refractivity contribution < 1.29 is 13.9 Å². The fourth-order valence-electron chi connectivity index (χ4n) is 3.50. The maximum atomic E-state index is 13.0. The molecule has 1 aliphatic heterocycles. The van der Waals surface area contributed by atoms with Crippen molar-refractivity contribution in [1.29, 1.82) is 0 Å². The molecular weight excluding hydrogens is 347 g/mol. The monoisotopic (exact) mass is 372 g/mol. The highest BCUT2D eigenvalue weighted by Crippen LogP contribution is 2.20. The van der Waals surface area contributed by atoms with Crippen LogP contribution in [0.3, 0.4) is 0 Å². The summed E-state index contributed by atoms with van der Waals surface area (Å²) in [6, 6.07) is 7.61. The first kappa shape index (κ1) is 19.1. The molecule has 5 nitrogen and oxygen atoms in total. The number of piperidine rings is 1. The minimum Gasteiger partial charge on any atom is -0.493 e. The van der Waals surface area contributed by atoms with Crippen LogP contribution in [0.1, 0.15) is 41.4 Å². The van der Waals surface area contributed by atoms with Crippen molar-refractivity contribution in [3.63, 3.8) is 0 Å². The van der Waals surface area contributed by atoms with E-state index in [1.54, 1.807) is 23.1 Å². The van der Waals surface area contributed by atoms with Crippen LogP contribution in [-0.4, -0.2) is 35.5 Å². The lowest BCUT2D eigenvalue weighted by Crippen LogP contribution is -2.43. The Morgan fingerprint density at radius 1 is 1.33 bits per heavy atom. The number of rotatable bonds is 5. The molecule has 0 bridgehead atoms. The average Bonchev–Trinajstić information content (AvgIpc) is 2.68. The Morgan fingerprint density at radius 3 is 2.78 bits per heavy atom. The van der Waals surface area contributed by atoms with Crippen LogP contribution in [0.4, 0.5) is 4.39 Å². The van der Waals surface area contributed by atoms with Gasteiger partial charge in [0.25, 0.3) is 11.5 Å². The van der Waals surface area contributed by atoms with E-state index in [1.807, 2.05) is 13.8 Å². The molecule has 0 saturated carbocycles. The number of likely N-dealkylation sites (tertiary alicyclic amines) is 1. The van der Waals surface area contributed by atoms with Gasteiger partial charge in [-0.3, -0.25) is 9.59 Å². The second-order valence-electron chi connectivity index (χ2n) is 7.05. The zero-order chi connectivity index (χ0) is 19.4. The predicted molar refractivity (Wildman–Crippen MR) is 102 cm³/mol. The first-order chi connectivity index (χ1) is 13.0. The van der Waals surface area contributed by atoms with Crippen molar-refractivity contribution in [2.75, 3.05) is 19.7 Å². The molecule has 3 rings (SSSR count). The lowest BCUT2D eigenvalue weighted by Gasteiger charge is -2.32. The van der Waals surface area contributed by atoms with Gasteiger partial charge in [-0.1, -0.05) is 6.92 Å². The first-order valence-corrected chi connectivity index (χ1v) is 9.38. The van der Waals surface area contributed by atoms with E-state index in [2.05, 4.69) is 4.98 Å². The summed E-state index contributed by atoms with van der Waals surface area (Å²) < 4.78 is 18.7. The normalized spacial score (nSPS) is 17.0. The van der Waals surface area contributed by atoms with Crippen LogP contribution in [0, 0.1) is 18.7 Å². The molecule has 1 saturated heterocycles. The lowest BCUT2D eigenvalue weighted by molar-refractivity contribution is 0.0631. The number of halogens is 1. The third-order valence-electron chi connectivity index (χ3n) is 5.04. The summed E-state index contributed by atoms with van der Waals surface area (Å²) in [6.45, 7) is 5.52. The maximum Gasteiger partial charge on any atom is 0.261 e.